The zero-order valence-electron chi connectivity index (χ0n) is 21.7. The number of amides is 1. The van der Waals surface area contributed by atoms with Crippen molar-refractivity contribution in [2.75, 3.05) is 37.8 Å². The Morgan fingerprint density at radius 2 is 1.84 bits per heavy atom. The Morgan fingerprint density at radius 3 is 2.54 bits per heavy atom. The predicted molar refractivity (Wildman–Crippen MR) is 150 cm³/mol. The van der Waals surface area contributed by atoms with Gasteiger partial charge in [-0.1, -0.05) is 49.4 Å². The van der Waals surface area contributed by atoms with Crippen LogP contribution in [-0.2, 0) is 11.3 Å². The van der Waals surface area contributed by atoms with Crippen LogP contribution in [0.1, 0.15) is 49.2 Å². The van der Waals surface area contributed by atoms with E-state index in [-0.39, 0.29) is 24.7 Å². The van der Waals surface area contributed by atoms with Gasteiger partial charge in [-0.2, -0.15) is 0 Å². The highest BCUT2D eigenvalue weighted by Crippen LogP contribution is 2.32. The van der Waals surface area contributed by atoms with Crippen LogP contribution in [0.15, 0.2) is 72.1 Å². The molecule has 1 aliphatic rings. The van der Waals surface area contributed by atoms with E-state index < -0.39 is 0 Å². The molecule has 1 aliphatic heterocycles. The van der Waals surface area contributed by atoms with Crippen molar-refractivity contribution in [1.29, 1.82) is 0 Å². The number of piperidine rings is 1. The number of hydrogen-bond donors (Lipinski definition) is 1. The molecular weight excluding hydrogens is 485 g/mol. The average Bonchev–Trinajstić information content (AvgIpc) is 3.48. The number of carbonyl (C=O) groups excluding carboxylic acids is 1. The molecule has 37 heavy (non-hydrogen) atoms. The number of ether oxygens (including phenoxy) is 1. The maximum atomic E-state index is 12.8. The molecule has 1 aromatic heterocycles. The summed E-state index contributed by atoms with van der Waals surface area (Å²) in [5, 5.41) is 5.21. The van der Waals surface area contributed by atoms with Gasteiger partial charge in [0.05, 0.1) is 0 Å². The Balaban J connectivity index is 1.39. The minimum Gasteiger partial charge on any atom is -0.485 e. The van der Waals surface area contributed by atoms with Crippen LogP contribution in [0.25, 0.3) is 0 Å². The summed E-state index contributed by atoms with van der Waals surface area (Å²) >= 11 is 1.69. The second-order valence-corrected chi connectivity index (χ2v) is 10.4. The van der Waals surface area contributed by atoms with Crippen molar-refractivity contribution in [3.05, 3.63) is 82.6 Å². The maximum Gasteiger partial charge on any atom is 0.226 e. The molecule has 1 amide bonds. The number of halogens is 1. The number of alkyl halides is 1. The zero-order valence-corrected chi connectivity index (χ0v) is 22.5. The van der Waals surface area contributed by atoms with Gasteiger partial charge in [0.25, 0.3) is 0 Å². The van der Waals surface area contributed by atoms with Crippen LogP contribution in [0.3, 0.4) is 0 Å². The second-order valence-electron chi connectivity index (χ2n) is 9.42. The van der Waals surface area contributed by atoms with E-state index in [0.717, 1.165) is 50.3 Å². The van der Waals surface area contributed by atoms with Gasteiger partial charge in [-0.3, -0.25) is 9.69 Å². The van der Waals surface area contributed by atoms with Crippen molar-refractivity contribution < 1.29 is 13.9 Å². The van der Waals surface area contributed by atoms with Gasteiger partial charge in [-0.15, -0.1) is 11.3 Å². The number of anilines is 1. The van der Waals surface area contributed by atoms with E-state index in [0.29, 0.717) is 19.5 Å². The van der Waals surface area contributed by atoms with E-state index in [1.54, 1.807) is 11.3 Å². The Kier molecular flexibility index (Phi) is 10.5. The number of hydrogen-bond acceptors (Lipinski definition) is 5. The van der Waals surface area contributed by atoms with E-state index in [9.17, 15) is 9.18 Å². The third kappa shape index (κ3) is 7.63. The average molecular weight is 524 g/mol. The van der Waals surface area contributed by atoms with Gasteiger partial charge in [-0.05, 0) is 49.0 Å². The Bertz CT molecular complexity index is 1070. The normalized spacial score (nSPS) is 15.4. The fourth-order valence-electron chi connectivity index (χ4n) is 4.96. The van der Waals surface area contributed by atoms with Crippen molar-refractivity contribution in [3.63, 3.8) is 0 Å². The molecule has 7 heteroatoms. The molecule has 1 saturated heterocycles. The fraction of sp³-hybridized carbons (Fsp3) is 0.433. The molecule has 0 radical (unpaired) electrons. The largest absolute Gasteiger partial charge is 0.485 e. The molecule has 1 atom stereocenters. The van der Waals surface area contributed by atoms with E-state index in [1.807, 2.05) is 54.3 Å². The highest BCUT2D eigenvalue weighted by Gasteiger charge is 2.29. The molecule has 0 bridgehead atoms. The Hall–Kier alpha value is -2.74. The molecule has 5 nitrogen and oxygen atoms in total. The third-order valence-electron chi connectivity index (χ3n) is 6.88. The molecular formula is C30H38FN3O2S. The number of carbonyl (C=O) groups is 1. The SMILES string of the molecule is CCC(=O)N(c1ccccc1)C1CCN(Cc2ccccc2OC(CCNCCF)c2cccs2)CC1. The van der Waals surface area contributed by atoms with Gasteiger partial charge >= 0.3 is 0 Å². The molecule has 3 aromatic rings. The first kappa shape index (κ1) is 27.3. The lowest BCUT2D eigenvalue weighted by atomic mass is 10.0. The molecule has 1 fully saturated rings. The summed E-state index contributed by atoms with van der Waals surface area (Å²) in [5.74, 6) is 1.09. The third-order valence-corrected chi connectivity index (χ3v) is 7.84. The topological polar surface area (TPSA) is 44.8 Å². The van der Waals surface area contributed by atoms with Crippen LogP contribution in [0.2, 0.25) is 0 Å². The van der Waals surface area contributed by atoms with Gasteiger partial charge in [0.2, 0.25) is 5.91 Å². The summed E-state index contributed by atoms with van der Waals surface area (Å²) in [6, 6.07) is 22.7. The number of likely N-dealkylation sites (tertiary alicyclic amines) is 1. The summed E-state index contributed by atoms with van der Waals surface area (Å²) in [6.45, 7) is 5.32. The smallest absolute Gasteiger partial charge is 0.226 e. The molecule has 1 unspecified atom stereocenters. The van der Waals surface area contributed by atoms with Gasteiger partial charge in [0, 0.05) is 61.2 Å². The highest BCUT2D eigenvalue weighted by molar-refractivity contribution is 7.10. The Labute approximate surface area is 224 Å². The number of nitrogens with one attached hydrogen (secondary N) is 1. The molecule has 0 saturated carbocycles. The summed E-state index contributed by atoms with van der Waals surface area (Å²) in [4.78, 5) is 18.5. The lowest BCUT2D eigenvalue weighted by Crippen LogP contribution is -2.47. The van der Waals surface area contributed by atoms with E-state index in [1.165, 1.54) is 10.4 Å². The molecule has 2 aromatic carbocycles. The monoisotopic (exact) mass is 523 g/mol. The predicted octanol–water partition coefficient (Wildman–Crippen LogP) is 6.23. The number of thiophene rings is 1. The summed E-state index contributed by atoms with van der Waals surface area (Å²) < 4.78 is 19.1. The van der Waals surface area contributed by atoms with Gasteiger partial charge in [-0.25, -0.2) is 4.39 Å². The lowest BCUT2D eigenvalue weighted by molar-refractivity contribution is -0.119. The van der Waals surface area contributed by atoms with Crippen molar-refractivity contribution in [2.45, 2.75) is 51.3 Å². The van der Waals surface area contributed by atoms with E-state index in [4.69, 9.17) is 4.74 Å². The molecule has 2 heterocycles. The first-order valence-corrected chi connectivity index (χ1v) is 14.2. The number of rotatable bonds is 13. The number of nitrogens with zero attached hydrogens (tertiary/aromatic N) is 2. The summed E-state index contributed by atoms with van der Waals surface area (Å²) in [5.41, 5.74) is 2.16. The highest BCUT2D eigenvalue weighted by atomic mass is 32.1. The van der Waals surface area contributed by atoms with Crippen molar-refractivity contribution in [1.82, 2.24) is 10.2 Å². The molecule has 1 N–H and O–H groups in total. The van der Waals surface area contributed by atoms with Crippen LogP contribution in [0, 0.1) is 0 Å². The number of para-hydroxylation sites is 2. The second kappa shape index (κ2) is 14.3. The van der Waals surface area contributed by atoms with Gasteiger partial charge < -0.3 is 15.0 Å². The van der Waals surface area contributed by atoms with Crippen LogP contribution >= 0.6 is 11.3 Å². The van der Waals surface area contributed by atoms with E-state index >= 15 is 0 Å². The number of benzene rings is 2. The van der Waals surface area contributed by atoms with Crippen molar-refractivity contribution >= 4 is 22.9 Å². The lowest BCUT2D eigenvalue weighted by Gasteiger charge is -2.38. The van der Waals surface area contributed by atoms with Crippen LogP contribution in [-0.4, -0.2) is 49.7 Å². The van der Waals surface area contributed by atoms with E-state index in [2.05, 4.69) is 39.9 Å². The Morgan fingerprint density at radius 1 is 1.08 bits per heavy atom. The zero-order chi connectivity index (χ0) is 25.9. The summed E-state index contributed by atoms with van der Waals surface area (Å²) in [6.07, 6.45) is 3.11. The van der Waals surface area contributed by atoms with Gasteiger partial charge in [0.15, 0.2) is 0 Å². The minimum atomic E-state index is -0.361. The van der Waals surface area contributed by atoms with Crippen molar-refractivity contribution in [3.8, 4) is 5.75 Å². The van der Waals surface area contributed by atoms with Crippen molar-refractivity contribution in [2.24, 2.45) is 0 Å². The van der Waals surface area contributed by atoms with Crippen LogP contribution < -0.4 is 15.0 Å². The standard InChI is InChI=1S/C30H38FN3O2S/c1-2-30(35)34(25-10-4-3-5-11-25)26-15-20-33(21-16-26)23-24-9-6-7-12-27(24)36-28(14-18-32-19-17-31)29-13-8-22-37-29/h3-13,22,26,28,32H,2,14-21,23H2,1H3. The molecule has 0 aliphatic carbocycles. The maximum absolute atomic E-state index is 12.8. The molecule has 198 valence electrons. The quantitative estimate of drug-likeness (QED) is 0.270. The first-order chi connectivity index (χ1) is 18.2. The summed E-state index contributed by atoms with van der Waals surface area (Å²) in [7, 11) is 0. The fourth-order valence-corrected chi connectivity index (χ4v) is 5.74. The first-order valence-electron chi connectivity index (χ1n) is 13.3. The molecule has 0 spiro atoms. The van der Waals surface area contributed by atoms with Crippen LogP contribution in [0.5, 0.6) is 5.75 Å². The van der Waals surface area contributed by atoms with Gasteiger partial charge in [0.1, 0.15) is 18.5 Å². The minimum absolute atomic E-state index is 0.0708. The van der Waals surface area contributed by atoms with Crippen LogP contribution in [0.4, 0.5) is 10.1 Å². The molecule has 4 rings (SSSR count).